The maximum Gasteiger partial charge on any atom is 0.182 e. The van der Waals surface area contributed by atoms with Gasteiger partial charge in [0.1, 0.15) is 10.8 Å². The second-order valence-corrected chi connectivity index (χ2v) is 5.90. The van der Waals surface area contributed by atoms with Crippen LogP contribution in [0.3, 0.4) is 0 Å². The monoisotopic (exact) mass is 388 g/mol. The number of para-hydroxylation sites is 1. The van der Waals surface area contributed by atoms with Gasteiger partial charge in [0.15, 0.2) is 11.5 Å². The number of halogens is 3. The van der Waals surface area contributed by atoms with Crippen molar-refractivity contribution in [2.45, 2.75) is 20.8 Å². The van der Waals surface area contributed by atoms with E-state index in [1.54, 1.807) is 0 Å². The van der Waals surface area contributed by atoms with E-state index in [0.717, 1.165) is 5.56 Å². The zero-order chi connectivity index (χ0) is 17.7. The van der Waals surface area contributed by atoms with Crippen LogP contribution in [-0.4, -0.2) is 19.8 Å². The van der Waals surface area contributed by atoms with Gasteiger partial charge in [-0.2, -0.15) is 0 Å². The molecule has 0 aliphatic rings. The van der Waals surface area contributed by atoms with E-state index in [-0.39, 0.29) is 10.0 Å². The normalized spacial score (nSPS) is 10.6. The zero-order valence-electron chi connectivity index (χ0n) is 13.8. The van der Waals surface area contributed by atoms with E-state index in [0.29, 0.717) is 47.7 Å². The Morgan fingerprint density at radius 2 is 1.29 bits per heavy atom. The quantitative estimate of drug-likeness (QED) is 0.505. The van der Waals surface area contributed by atoms with Crippen LogP contribution in [0, 0.1) is 0 Å². The minimum absolute atomic E-state index is 0.228. The molecule has 24 heavy (non-hydrogen) atoms. The predicted octanol–water partition coefficient (Wildman–Crippen LogP) is 6.51. The van der Waals surface area contributed by atoms with Gasteiger partial charge in [0.05, 0.1) is 35.4 Å². The van der Waals surface area contributed by atoms with Crippen molar-refractivity contribution in [3.05, 3.63) is 39.3 Å². The van der Waals surface area contributed by atoms with E-state index >= 15 is 0 Å². The molecule has 0 bridgehead atoms. The Kier molecular flexibility index (Phi) is 6.90. The van der Waals surface area contributed by atoms with Crippen molar-refractivity contribution in [3.8, 4) is 28.4 Å². The zero-order valence-corrected chi connectivity index (χ0v) is 16.1. The number of benzene rings is 2. The molecule has 0 radical (unpaired) electrons. The summed E-state index contributed by atoms with van der Waals surface area (Å²) in [6.45, 7) is 7.04. The summed E-state index contributed by atoms with van der Waals surface area (Å²) in [6, 6.07) is 7.55. The molecule has 0 fully saturated rings. The standard InChI is InChI=1S/C18H19Cl3O3/c1-4-22-12-10-8-7-9-11(12)13-14(19)15(20)16(21)18(24-6-3)17(13)23-5-2/h7-10H,4-6H2,1-3H3. The Labute approximate surface area is 157 Å². The first-order valence-electron chi connectivity index (χ1n) is 7.74. The molecule has 0 N–H and O–H groups in total. The van der Waals surface area contributed by atoms with Crippen molar-refractivity contribution in [2.75, 3.05) is 19.8 Å². The molecule has 6 heteroatoms. The van der Waals surface area contributed by atoms with Crippen LogP contribution in [0.2, 0.25) is 15.1 Å². The average Bonchev–Trinajstić information content (AvgIpc) is 2.58. The fraction of sp³-hybridized carbons (Fsp3) is 0.333. The molecule has 0 heterocycles. The summed E-state index contributed by atoms with van der Waals surface area (Å²) in [5.41, 5.74) is 1.38. The Balaban J connectivity index is 2.82. The molecule has 0 saturated carbocycles. The van der Waals surface area contributed by atoms with Gasteiger partial charge in [-0.1, -0.05) is 53.0 Å². The molecule has 3 nitrogen and oxygen atoms in total. The average molecular weight is 390 g/mol. The number of hydrogen-bond acceptors (Lipinski definition) is 3. The fourth-order valence-corrected chi connectivity index (χ4v) is 3.11. The molecule has 0 unspecified atom stereocenters. The summed E-state index contributed by atoms with van der Waals surface area (Å²) >= 11 is 19.2. The van der Waals surface area contributed by atoms with E-state index in [9.17, 15) is 0 Å². The number of rotatable bonds is 7. The Morgan fingerprint density at radius 3 is 1.92 bits per heavy atom. The SMILES string of the molecule is CCOc1ccccc1-c1c(Cl)c(Cl)c(Cl)c(OCC)c1OCC. The van der Waals surface area contributed by atoms with Crippen molar-refractivity contribution < 1.29 is 14.2 Å². The number of hydrogen-bond donors (Lipinski definition) is 0. The molecule has 2 aromatic rings. The van der Waals surface area contributed by atoms with E-state index in [4.69, 9.17) is 49.0 Å². The highest BCUT2D eigenvalue weighted by Gasteiger charge is 2.26. The van der Waals surface area contributed by atoms with Crippen molar-refractivity contribution in [2.24, 2.45) is 0 Å². The van der Waals surface area contributed by atoms with Gasteiger partial charge in [-0.25, -0.2) is 0 Å². The van der Waals surface area contributed by atoms with Gasteiger partial charge < -0.3 is 14.2 Å². The highest BCUT2D eigenvalue weighted by molar-refractivity contribution is 6.50. The van der Waals surface area contributed by atoms with E-state index < -0.39 is 0 Å². The van der Waals surface area contributed by atoms with Crippen LogP contribution in [0.5, 0.6) is 17.2 Å². The van der Waals surface area contributed by atoms with Crippen molar-refractivity contribution >= 4 is 34.8 Å². The maximum absolute atomic E-state index is 6.51. The van der Waals surface area contributed by atoms with Crippen LogP contribution in [0.25, 0.3) is 11.1 Å². The van der Waals surface area contributed by atoms with Gasteiger partial charge in [0.2, 0.25) is 0 Å². The summed E-state index contributed by atoms with van der Waals surface area (Å²) in [5, 5.41) is 0.775. The van der Waals surface area contributed by atoms with Crippen LogP contribution >= 0.6 is 34.8 Å². The highest BCUT2D eigenvalue weighted by atomic mass is 35.5. The molecule has 0 aliphatic heterocycles. The van der Waals surface area contributed by atoms with Crippen LogP contribution in [0.15, 0.2) is 24.3 Å². The van der Waals surface area contributed by atoms with Gasteiger partial charge in [0, 0.05) is 5.56 Å². The van der Waals surface area contributed by atoms with Crippen LogP contribution < -0.4 is 14.2 Å². The van der Waals surface area contributed by atoms with Crippen molar-refractivity contribution in [1.82, 2.24) is 0 Å². The predicted molar refractivity (Wildman–Crippen MR) is 100 cm³/mol. The third-order valence-electron chi connectivity index (χ3n) is 3.27. The second kappa shape index (κ2) is 8.70. The van der Waals surface area contributed by atoms with Gasteiger partial charge >= 0.3 is 0 Å². The molecule has 0 amide bonds. The minimum Gasteiger partial charge on any atom is -0.493 e. The van der Waals surface area contributed by atoms with Crippen LogP contribution in [0.4, 0.5) is 0 Å². The molecular weight excluding hydrogens is 371 g/mol. The fourth-order valence-electron chi connectivity index (χ4n) is 2.37. The molecule has 0 saturated heterocycles. The van der Waals surface area contributed by atoms with Gasteiger partial charge in [-0.05, 0) is 26.8 Å². The first kappa shape index (κ1) is 19.0. The van der Waals surface area contributed by atoms with E-state index in [1.165, 1.54) is 0 Å². The molecule has 2 aromatic carbocycles. The van der Waals surface area contributed by atoms with E-state index in [2.05, 4.69) is 0 Å². The summed E-state index contributed by atoms with van der Waals surface area (Å²) < 4.78 is 17.2. The molecule has 0 atom stereocenters. The Bertz CT molecular complexity index is 717. The molecule has 0 aromatic heterocycles. The lowest BCUT2D eigenvalue weighted by atomic mass is 10.0. The van der Waals surface area contributed by atoms with E-state index in [1.807, 2.05) is 45.0 Å². The summed E-state index contributed by atoms with van der Waals surface area (Å²) in [7, 11) is 0. The van der Waals surface area contributed by atoms with Gasteiger partial charge in [-0.15, -0.1) is 0 Å². The van der Waals surface area contributed by atoms with Crippen molar-refractivity contribution in [3.63, 3.8) is 0 Å². The second-order valence-electron chi connectivity index (χ2n) is 4.77. The van der Waals surface area contributed by atoms with Gasteiger partial charge in [-0.3, -0.25) is 0 Å². The first-order chi connectivity index (χ1) is 11.6. The molecule has 0 spiro atoms. The summed E-state index contributed by atoms with van der Waals surface area (Å²) in [4.78, 5) is 0. The minimum atomic E-state index is 0.228. The summed E-state index contributed by atoms with van der Waals surface area (Å²) in [5.74, 6) is 1.53. The van der Waals surface area contributed by atoms with Gasteiger partial charge in [0.25, 0.3) is 0 Å². The first-order valence-corrected chi connectivity index (χ1v) is 8.88. The molecule has 2 rings (SSSR count). The third kappa shape index (κ3) is 3.69. The molecule has 130 valence electrons. The Hall–Kier alpha value is -1.29. The summed E-state index contributed by atoms with van der Waals surface area (Å²) in [6.07, 6.45) is 0. The lowest BCUT2D eigenvalue weighted by Gasteiger charge is -2.21. The molecule has 0 aliphatic carbocycles. The maximum atomic E-state index is 6.51. The lowest BCUT2D eigenvalue weighted by Crippen LogP contribution is -2.03. The smallest absolute Gasteiger partial charge is 0.182 e. The van der Waals surface area contributed by atoms with Crippen LogP contribution in [-0.2, 0) is 0 Å². The largest absolute Gasteiger partial charge is 0.493 e. The topological polar surface area (TPSA) is 27.7 Å². The number of ether oxygens (including phenoxy) is 3. The van der Waals surface area contributed by atoms with Crippen LogP contribution in [0.1, 0.15) is 20.8 Å². The lowest BCUT2D eigenvalue weighted by molar-refractivity contribution is 0.288. The highest BCUT2D eigenvalue weighted by Crippen LogP contribution is 2.53. The third-order valence-corrected chi connectivity index (χ3v) is 4.58. The molecular formula is C18H19Cl3O3. The van der Waals surface area contributed by atoms with Crippen molar-refractivity contribution in [1.29, 1.82) is 0 Å². The Morgan fingerprint density at radius 1 is 0.708 bits per heavy atom.